The summed E-state index contributed by atoms with van der Waals surface area (Å²) in [5.74, 6) is 0.394. The number of fused-ring (bicyclic) bond motifs is 1. The van der Waals surface area contributed by atoms with E-state index in [1.165, 1.54) is 12.1 Å². The second kappa shape index (κ2) is 7.65. The van der Waals surface area contributed by atoms with Gasteiger partial charge in [0, 0.05) is 25.1 Å². The van der Waals surface area contributed by atoms with Gasteiger partial charge in [-0.25, -0.2) is 8.42 Å². The highest BCUT2D eigenvalue weighted by Crippen LogP contribution is 2.32. The number of carbonyl (C=O) groups is 1. The fourth-order valence-electron chi connectivity index (χ4n) is 2.09. The van der Waals surface area contributed by atoms with E-state index in [0.29, 0.717) is 37.7 Å². The van der Waals surface area contributed by atoms with Crippen LogP contribution in [0.1, 0.15) is 19.8 Å². The summed E-state index contributed by atoms with van der Waals surface area (Å²) >= 11 is 0. The first-order chi connectivity index (χ1) is 10.9. The van der Waals surface area contributed by atoms with Crippen molar-refractivity contribution >= 4 is 15.7 Å². The molecule has 1 aliphatic rings. The molecule has 1 heterocycles. The van der Waals surface area contributed by atoms with Crippen LogP contribution in [0.25, 0.3) is 0 Å². The molecule has 0 radical (unpaired) electrons. The fourth-order valence-corrected chi connectivity index (χ4v) is 3.34. The molecule has 1 atom stereocenters. The van der Waals surface area contributed by atoms with E-state index in [2.05, 4.69) is 5.32 Å². The van der Waals surface area contributed by atoms with Crippen LogP contribution in [-0.4, -0.2) is 45.9 Å². The van der Waals surface area contributed by atoms with Crippen molar-refractivity contribution in [2.45, 2.75) is 30.7 Å². The zero-order valence-corrected chi connectivity index (χ0v) is 13.9. The van der Waals surface area contributed by atoms with E-state index in [1.807, 2.05) is 6.92 Å². The number of rotatable bonds is 7. The maximum absolute atomic E-state index is 12.3. The van der Waals surface area contributed by atoms with Gasteiger partial charge < -0.3 is 20.5 Å². The Morgan fingerprint density at radius 2 is 2.00 bits per heavy atom. The normalized spacial score (nSPS) is 15.0. The number of sulfone groups is 1. The van der Waals surface area contributed by atoms with Crippen molar-refractivity contribution in [1.29, 1.82) is 0 Å². The molecule has 1 aromatic rings. The van der Waals surface area contributed by atoms with Crippen LogP contribution in [0.2, 0.25) is 0 Å². The minimum absolute atomic E-state index is 0.00301. The van der Waals surface area contributed by atoms with Crippen LogP contribution in [-0.2, 0) is 14.6 Å². The maximum atomic E-state index is 12.3. The predicted molar refractivity (Wildman–Crippen MR) is 85.4 cm³/mol. The average molecular weight is 342 g/mol. The Bertz CT molecular complexity index is 658. The van der Waals surface area contributed by atoms with E-state index >= 15 is 0 Å². The summed E-state index contributed by atoms with van der Waals surface area (Å²) in [6.07, 6.45) is 0.566. The molecule has 7 nitrogen and oxygen atoms in total. The first kappa shape index (κ1) is 17.6. The molecular weight excluding hydrogens is 320 g/mol. The van der Waals surface area contributed by atoms with E-state index in [4.69, 9.17) is 15.2 Å². The molecule has 1 aromatic carbocycles. The largest absolute Gasteiger partial charge is 0.486 e. The molecular formula is C15H22N2O5S. The van der Waals surface area contributed by atoms with Crippen LogP contribution >= 0.6 is 0 Å². The van der Waals surface area contributed by atoms with Gasteiger partial charge in [0.05, 0.1) is 10.6 Å². The minimum atomic E-state index is -3.55. The van der Waals surface area contributed by atoms with Crippen molar-refractivity contribution in [2.75, 3.05) is 25.5 Å². The third kappa shape index (κ3) is 5.11. The molecule has 0 aromatic heterocycles. The molecule has 1 aliphatic heterocycles. The molecule has 0 aliphatic carbocycles. The van der Waals surface area contributed by atoms with Crippen molar-refractivity contribution in [3.8, 4) is 11.5 Å². The zero-order chi connectivity index (χ0) is 16.9. The van der Waals surface area contributed by atoms with Gasteiger partial charge in [0.15, 0.2) is 21.3 Å². The van der Waals surface area contributed by atoms with Gasteiger partial charge in [-0.1, -0.05) is 0 Å². The highest BCUT2D eigenvalue weighted by molar-refractivity contribution is 7.91. The zero-order valence-electron chi connectivity index (χ0n) is 13.1. The van der Waals surface area contributed by atoms with E-state index in [1.54, 1.807) is 6.07 Å². The lowest BCUT2D eigenvalue weighted by molar-refractivity contribution is -0.120. The number of benzene rings is 1. The molecule has 23 heavy (non-hydrogen) atoms. The molecule has 3 N–H and O–H groups in total. The highest BCUT2D eigenvalue weighted by Gasteiger charge is 2.20. The Kier molecular flexibility index (Phi) is 5.84. The lowest BCUT2D eigenvalue weighted by Crippen LogP contribution is -2.30. The molecule has 0 bridgehead atoms. The lowest BCUT2D eigenvalue weighted by atomic mass is 10.2. The van der Waals surface area contributed by atoms with Gasteiger partial charge in [0.1, 0.15) is 13.2 Å². The van der Waals surface area contributed by atoms with Gasteiger partial charge in [-0.05, 0) is 25.5 Å². The van der Waals surface area contributed by atoms with Gasteiger partial charge in [0.25, 0.3) is 0 Å². The fraction of sp³-hybridized carbons (Fsp3) is 0.533. The number of carbonyl (C=O) groups excluding carboxylic acids is 1. The quantitative estimate of drug-likeness (QED) is 0.746. The molecule has 1 unspecified atom stereocenters. The number of nitrogens with two attached hydrogens (primary N) is 1. The standard InChI is InChI=1S/C15H22N2O5S/c1-11(16)4-6-17-15(18)5-9-23(19,20)12-2-3-13-14(10-12)22-8-7-21-13/h2-3,10-11H,4-9,16H2,1H3,(H,17,18). The summed E-state index contributed by atoms with van der Waals surface area (Å²) in [7, 11) is -3.55. The van der Waals surface area contributed by atoms with Crippen molar-refractivity contribution in [1.82, 2.24) is 5.32 Å². The minimum Gasteiger partial charge on any atom is -0.486 e. The number of hydrogen-bond donors (Lipinski definition) is 2. The van der Waals surface area contributed by atoms with Crippen molar-refractivity contribution in [2.24, 2.45) is 5.73 Å². The first-order valence-corrected chi connectivity index (χ1v) is 9.18. The molecule has 8 heteroatoms. The van der Waals surface area contributed by atoms with Crippen LogP contribution in [0.4, 0.5) is 0 Å². The smallest absolute Gasteiger partial charge is 0.221 e. The van der Waals surface area contributed by atoms with Crippen LogP contribution in [0.5, 0.6) is 11.5 Å². The molecule has 0 spiro atoms. The molecule has 2 rings (SSSR count). The van der Waals surface area contributed by atoms with E-state index in [0.717, 1.165) is 0 Å². The van der Waals surface area contributed by atoms with Crippen molar-refractivity contribution in [3.05, 3.63) is 18.2 Å². The summed E-state index contributed by atoms with van der Waals surface area (Å²) < 4.78 is 35.4. The number of hydrogen-bond acceptors (Lipinski definition) is 6. The van der Waals surface area contributed by atoms with Gasteiger partial charge in [0.2, 0.25) is 5.91 Å². The topological polar surface area (TPSA) is 108 Å². The van der Waals surface area contributed by atoms with E-state index in [-0.39, 0.29) is 29.0 Å². The summed E-state index contributed by atoms with van der Waals surface area (Å²) in [5, 5.41) is 2.66. The first-order valence-electron chi connectivity index (χ1n) is 7.53. The third-order valence-corrected chi connectivity index (χ3v) is 5.11. The van der Waals surface area contributed by atoms with Crippen LogP contribution in [0, 0.1) is 0 Å². The van der Waals surface area contributed by atoms with E-state index < -0.39 is 9.84 Å². The summed E-state index contributed by atoms with van der Waals surface area (Å²) in [6, 6.07) is 4.48. The maximum Gasteiger partial charge on any atom is 0.221 e. The lowest BCUT2D eigenvalue weighted by Gasteiger charge is -2.18. The van der Waals surface area contributed by atoms with Crippen molar-refractivity contribution < 1.29 is 22.7 Å². The number of amides is 1. The Hall–Kier alpha value is -1.80. The van der Waals surface area contributed by atoms with Gasteiger partial charge in [-0.2, -0.15) is 0 Å². The Labute approximate surface area is 136 Å². The Morgan fingerprint density at radius 3 is 2.70 bits per heavy atom. The summed E-state index contributed by atoms with van der Waals surface area (Å²) in [6.45, 7) is 3.12. The van der Waals surface area contributed by atoms with Gasteiger partial charge >= 0.3 is 0 Å². The van der Waals surface area contributed by atoms with Crippen LogP contribution in [0.15, 0.2) is 23.1 Å². The van der Waals surface area contributed by atoms with Crippen LogP contribution in [0.3, 0.4) is 0 Å². The molecule has 0 saturated carbocycles. The molecule has 1 amide bonds. The molecule has 0 fully saturated rings. The van der Waals surface area contributed by atoms with E-state index in [9.17, 15) is 13.2 Å². The van der Waals surface area contributed by atoms with Gasteiger partial charge in [-0.15, -0.1) is 0 Å². The molecule has 0 saturated heterocycles. The monoisotopic (exact) mass is 342 g/mol. The van der Waals surface area contributed by atoms with Gasteiger partial charge in [-0.3, -0.25) is 4.79 Å². The average Bonchev–Trinajstić information content (AvgIpc) is 2.52. The summed E-state index contributed by atoms with van der Waals surface area (Å²) in [5.41, 5.74) is 5.58. The summed E-state index contributed by atoms with van der Waals surface area (Å²) in [4.78, 5) is 11.8. The number of nitrogens with one attached hydrogen (secondary N) is 1. The predicted octanol–water partition coefficient (Wildman–Crippen LogP) is 0.475. The highest BCUT2D eigenvalue weighted by atomic mass is 32.2. The Balaban J connectivity index is 1.92. The van der Waals surface area contributed by atoms with Crippen LogP contribution < -0.4 is 20.5 Å². The SMILES string of the molecule is CC(N)CCNC(=O)CCS(=O)(=O)c1ccc2c(c1)OCCO2. The second-order valence-corrected chi connectivity index (χ2v) is 7.60. The molecule has 128 valence electrons. The second-order valence-electron chi connectivity index (χ2n) is 5.49. The number of ether oxygens (including phenoxy) is 2. The van der Waals surface area contributed by atoms with Crippen molar-refractivity contribution in [3.63, 3.8) is 0 Å². The Morgan fingerprint density at radius 1 is 1.30 bits per heavy atom. The third-order valence-electron chi connectivity index (χ3n) is 3.39.